The molecule has 4 nitrogen and oxygen atoms in total. The molecule has 0 amide bonds. The summed E-state index contributed by atoms with van der Waals surface area (Å²) in [4.78, 5) is 0.270. The fourth-order valence-electron chi connectivity index (χ4n) is 1.94. The van der Waals surface area contributed by atoms with Crippen molar-refractivity contribution in [3.05, 3.63) is 52.2 Å². The van der Waals surface area contributed by atoms with Gasteiger partial charge in [-0.1, -0.05) is 12.1 Å². The van der Waals surface area contributed by atoms with Crippen molar-refractivity contribution in [1.82, 2.24) is 4.72 Å². The second-order valence-electron chi connectivity index (χ2n) is 4.71. The number of thiophene rings is 1. The summed E-state index contributed by atoms with van der Waals surface area (Å²) in [5.41, 5.74) is 7.56. The lowest BCUT2D eigenvalue weighted by Crippen LogP contribution is -2.34. The first-order valence-corrected chi connectivity index (χ1v) is 8.76. The van der Waals surface area contributed by atoms with Gasteiger partial charge in [-0.15, -0.1) is 0 Å². The van der Waals surface area contributed by atoms with E-state index < -0.39 is 10.0 Å². The Morgan fingerprint density at radius 3 is 2.45 bits per heavy atom. The van der Waals surface area contributed by atoms with Crippen LogP contribution in [-0.2, 0) is 23.0 Å². The largest absolute Gasteiger partial charge is 0.326 e. The van der Waals surface area contributed by atoms with Gasteiger partial charge in [-0.05, 0) is 53.4 Å². The Morgan fingerprint density at radius 1 is 1.20 bits per heavy atom. The minimum atomic E-state index is -3.48. The summed E-state index contributed by atoms with van der Waals surface area (Å²) in [5, 5.41) is 4.02. The monoisotopic (exact) mass is 310 g/mol. The molecule has 1 atom stereocenters. The molecule has 3 N–H and O–H groups in total. The van der Waals surface area contributed by atoms with Gasteiger partial charge in [0.15, 0.2) is 0 Å². The number of nitrogens with two attached hydrogens (primary N) is 1. The lowest BCUT2D eigenvalue weighted by Gasteiger charge is -2.13. The highest BCUT2D eigenvalue weighted by Crippen LogP contribution is 2.13. The summed E-state index contributed by atoms with van der Waals surface area (Å²) in [5.74, 6) is 0. The Balaban J connectivity index is 2.05. The fraction of sp³-hybridized carbons (Fsp3) is 0.286. The summed E-state index contributed by atoms with van der Waals surface area (Å²) < 4.78 is 27.2. The van der Waals surface area contributed by atoms with Crippen LogP contribution in [0.1, 0.15) is 18.1 Å². The van der Waals surface area contributed by atoms with Gasteiger partial charge in [0, 0.05) is 12.6 Å². The van der Waals surface area contributed by atoms with Crippen molar-refractivity contribution in [2.75, 3.05) is 0 Å². The Morgan fingerprint density at radius 2 is 1.90 bits per heavy atom. The first-order valence-electron chi connectivity index (χ1n) is 6.33. The predicted octanol–water partition coefficient (Wildman–Crippen LogP) is 2.12. The molecule has 0 saturated carbocycles. The molecule has 2 rings (SSSR count). The van der Waals surface area contributed by atoms with E-state index in [2.05, 4.69) is 4.72 Å². The number of rotatable bonds is 6. The van der Waals surface area contributed by atoms with Gasteiger partial charge in [0.05, 0.1) is 4.90 Å². The maximum atomic E-state index is 12.2. The van der Waals surface area contributed by atoms with E-state index in [4.69, 9.17) is 5.73 Å². The van der Waals surface area contributed by atoms with Gasteiger partial charge < -0.3 is 5.73 Å². The molecule has 1 unspecified atom stereocenters. The number of nitrogens with one attached hydrogen (secondary N) is 1. The molecule has 2 aromatic rings. The van der Waals surface area contributed by atoms with E-state index in [0.717, 1.165) is 11.1 Å². The van der Waals surface area contributed by atoms with E-state index in [1.54, 1.807) is 35.6 Å². The average Bonchev–Trinajstić information content (AvgIpc) is 2.91. The van der Waals surface area contributed by atoms with Gasteiger partial charge in [-0.2, -0.15) is 11.3 Å². The van der Waals surface area contributed by atoms with Crippen LogP contribution in [0.4, 0.5) is 0 Å². The molecular formula is C14H18N2O2S2. The van der Waals surface area contributed by atoms with E-state index in [1.165, 1.54) is 0 Å². The third kappa shape index (κ3) is 3.89. The molecule has 6 heteroatoms. The van der Waals surface area contributed by atoms with E-state index in [9.17, 15) is 8.42 Å². The smallest absolute Gasteiger partial charge is 0.240 e. The molecule has 0 bridgehead atoms. The normalized spacial score (nSPS) is 13.3. The van der Waals surface area contributed by atoms with Crippen LogP contribution in [0.25, 0.3) is 0 Å². The van der Waals surface area contributed by atoms with E-state index in [0.29, 0.717) is 13.0 Å². The Hall–Kier alpha value is -1.21. The maximum Gasteiger partial charge on any atom is 0.240 e. The van der Waals surface area contributed by atoms with E-state index in [1.807, 2.05) is 23.8 Å². The first kappa shape index (κ1) is 15.2. The molecule has 0 radical (unpaired) electrons. The van der Waals surface area contributed by atoms with Crippen LogP contribution in [0.3, 0.4) is 0 Å². The van der Waals surface area contributed by atoms with Crippen LogP contribution in [0.5, 0.6) is 0 Å². The van der Waals surface area contributed by atoms with Crippen molar-refractivity contribution in [1.29, 1.82) is 0 Å². The van der Waals surface area contributed by atoms with Gasteiger partial charge >= 0.3 is 0 Å². The number of sulfonamides is 1. The van der Waals surface area contributed by atoms with Gasteiger partial charge in [-0.25, -0.2) is 13.1 Å². The molecule has 0 spiro atoms. The topological polar surface area (TPSA) is 72.2 Å². The Kier molecular flexibility index (Phi) is 4.93. The number of hydrogen-bond acceptors (Lipinski definition) is 4. The van der Waals surface area contributed by atoms with Crippen LogP contribution in [-0.4, -0.2) is 14.5 Å². The molecule has 1 heterocycles. The SMILES string of the molecule is CC(Cc1ccsc1)NS(=O)(=O)c1ccc(CN)cc1. The third-order valence-corrected chi connectivity index (χ3v) is 5.29. The quantitative estimate of drug-likeness (QED) is 0.858. The van der Waals surface area contributed by atoms with Gasteiger partial charge in [-0.3, -0.25) is 0 Å². The van der Waals surface area contributed by atoms with Crippen LogP contribution in [0.15, 0.2) is 46.0 Å². The third-order valence-electron chi connectivity index (χ3n) is 2.95. The van der Waals surface area contributed by atoms with Crippen molar-refractivity contribution in [3.63, 3.8) is 0 Å². The molecule has 0 aliphatic carbocycles. The molecule has 0 aliphatic heterocycles. The average molecular weight is 310 g/mol. The molecule has 1 aromatic carbocycles. The first-order chi connectivity index (χ1) is 9.51. The maximum absolute atomic E-state index is 12.2. The van der Waals surface area contributed by atoms with Crippen LogP contribution >= 0.6 is 11.3 Å². The molecule has 108 valence electrons. The zero-order chi connectivity index (χ0) is 14.6. The highest BCUT2D eigenvalue weighted by Gasteiger charge is 2.17. The number of benzene rings is 1. The lowest BCUT2D eigenvalue weighted by atomic mass is 10.1. The second-order valence-corrected chi connectivity index (χ2v) is 7.20. The van der Waals surface area contributed by atoms with E-state index in [-0.39, 0.29) is 10.9 Å². The van der Waals surface area contributed by atoms with E-state index >= 15 is 0 Å². The van der Waals surface area contributed by atoms with Crippen molar-refractivity contribution in [2.45, 2.75) is 30.8 Å². The molecule has 0 fully saturated rings. The summed E-state index contributed by atoms with van der Waals surface area (Å²) in [6.45, 7) is 2.27. The zero-order valence-electron chi connectivity index (χ0n) is 11.2. The zero-order valence-corrected chi connectivity index (χ0v) is 12.9. The highest BCUT2D eigenvalue weighted by atomic mass is 32.2. The van der Waals surface area contributed by atoms with Crippen molar-refractivity contribution in [3.8, 4) is 0 Å². The van der Waals surface area contributed by atoms with Crippen molar-refractivity contribution in [2.24, 2.45) is 5.73 Å². The minimum Gasteiger partial charge on any atom is -0.326 e. The predicted molar refractivity (Wildman–Crippen MR) is 82.1 cm³/mol. The van der Waals surface area contributed by atoms with Gasteiger partial charge in [0.1, 0.15) is 0 Å². The summed E-state index contributed by atoms with van der Waals surface area (Å²) >= 11 is 1.61. The number of hydrogen-bond donors (Lipinski definition) is 2. The van der Waals surface area contributed by atoms with Crippen LogP contribution in [0, 0.1) is 0 Å². The molecule has 20 heavy (non-hydrogen) atoms. The Bertz CT molecular complexity index is 634. The van der Waals surface area contributed by atoms with Crippen molar-refractivity contribution < 1.29 is 8.42 Å². The van der Waals surface area contributed by atoms with Gasteiger partial charge in [0.2, 0.25) is 10.0 Å². The molecule has 0 saturated heterocycles. The second kappa shape index (κ2) is 6.49. The van der Waals surface area contributed by atoms with Crippen LogP contribution in [0.2, 0.25) is 0 Å². The Labute approximate surface area is 123 Å². The van der Waals surface area contributed by atoms with Crippen LogP contribution < -0.4 is 10.5 Å². The fourth-order valence-corrected chi connectivity index (χ4v) is 3.87. The lowest BCUT2D eigenvalue weighted by molar-refractivity contribution is 0.560. The molecule has 1 aromatic heterocycles. The summed E-state index contributed by atoms with van der Waals surface area (Å²) in [6, 6.07) is 8.49. The standard InChI is InChI=1S/C14H18N2O2S2/c1-11(8-13-6-7-19-10-13)16-20(17,18)14-4-2-12(9-15)3-5-14/h2-7,10-11,16H,8-9,15H2,1H3. The molecule has 0 aliphatic rings. The minimum absolute atomic E-state index is 0.149. The van der Waals surface area contributed by atoms with Gasteiger partial charge in [0.25, 0.3) is 0 Å². The summed E-state index contributed by atoms with van der Waals surface area (Å²) in [7, 11) is -3.48. The van der Waals surface area contributed by atoms with Crippen molar-refractivity contribution >= 4 is 21.4 Å². The molecular weight excluding hydrogens is 292 g/mol. The highest BCUT2D eigenvalue weighted by molar-refractivity contribution is 7.89. The summed E-state index contributed by atoms with van der Waals surface area (Å²) in [6.07, 6.45) is 0.684.